The van der Waals surface area contributed by atoms with E-state index in [4.69, 9.17) is 22.3 Å². The number of hydrogen-bond acceptors (Lipinski definition) is 4. The third-order valence-electron chi connectivity index (χ3n) is 5.76. The second-order valence-corrected chi connectivity index (χ2v) is 9.66. The van der Waals surface area contributed by atoms with Crippen LogP contribution in [0.15, 0.2) is 78.9 Å². The second-order valence-electron chi connectivity index (χ2n) is 8.23. The van der Waals surface area contributed by atoms with E-state index in [2.05, 4.69) is 5.32 Å². The zero-order chi connectivity index (χ0) is 23.8. The number of carbonyl (C=O) groups excluding carboxylic acids is 1. The fraction of sp³-hybridized carbons (Fsp3) is 0.0714. The molecule has 0 unspecified atom stereocenters. The van der Waals surface area contributed by atoms with Crippen LogP contribution in [-0.2, 0) is 0 Å². The third-order valence-corrected chi connectivity index (χ3v) is 7.11. The van der Waals surface area contributed by atoms with Crippen LogP contribution in [-0.4, -0.2) is 10.9 Å². The second kappa shape index (κ2) is 8.93. The first kappa shape index (κ1) is 22.1. The van der Waals surface area contributed by atoms with Gasteiger partial charge in [0.25, 0.3) is 5.91 Å². The van der Waals surface area contributed by atoms with Crippen molar-refractivity contribution in [2.24, 2.45) is 0 Å². The van der Waals surface area contributed by atoms with Gasteiger partial charge in [0.1, 0.15) is 9.71 Å². The molecule has 0 saturated heterocycles. The van der Waals surface area contributed by atoms with Crippen molar-refractivity contribution in [1.82, 2.24) is 4.98 Å². The van der Waals surface area contributed by atoms with Crippen LogP contribution in [0.2, 0.25) is 5.02 Å². The van der Waals surface area contributed by atoms with E-state index in [0.29, 0.717) is 15.6 Å². The minimum absolute atomic E-state index is 0.237. The number of halogens is 1. The highest BCUT2D eigenvalue weighted by Gasteiger charge is 2.22. The van der Waals surface area contributed by atoms with Crippen molar-refractivity contribution >= 4 is 50.4 Å². The molecule has 0 aliphatic heterocycles. The number of nitrogens with zero attached hydrogens (tertiary/aromatic N) is 1. The van der Waals surface area contributed by atoms with Gasteiger partial charge >= 0.3 is 0 Å². The largest absolute Gasteiger partial charge is 0.397 e. The Morgan fingerprint density at radius 2 is 1.68 bits per heavy atom. The Balaban J connectivity index is 1.66. The normalized spacial score (nSPS) is 11.0. The maximum absolute atomic E-state index is 13.3. The third kappa shape index (κ3) is 4.16. The molecule has 3 N–H and O–H groups in total. The van der Waals surface area contributed by atoms with Crippen molar-refractivity contribution in [2.75, 3.05) is 11.1 Å². The standard InChI is InChI=1S/C28H22ClN3OS/c1-16-8-13-22(17(2)14-16)31-27(33)26-25(30)24-21(18-6-4-3-5-7-18)15-23(32-28(24)34-26)19-9-11-20(29)12-10-19/h3-15H,30H2,1-2H3,(H,31,33). The number of amides is 1. The lowest BCUT2D eigenvalue weighted by Crippen LogP contribution is -2.12. The first-order valence-corrected chi connectivity index (χ1v) is 12.0. The van der Waals surface area contributed by atoms with Gasteiger partial charge in [0.2, 0.25) is 0 Å². The van der Waals surface area contributed by atoms with E-state index in [9.17, 15) is 4.79 Å². The molecule has 0 atom stereocenters. The Bertz CT molecular complexity index is 1530. The monoisotopic (exact) mass is 483 g/mol. The highest BCUT2D eigenvalue weighted by atomic mass is 35.5. The Morgan fingerprint density at radius 3 is 2.38 bits per heavy atom. The van der Waals surface area contributed by atoms with Crippen LogP contribution in [0.5, 0.6) is 0 Å². The van der Waals surface area contributed by atoms with E-state index >= 15 is 0 Å². The van der Waals surface area contributed by atoms with Crippen LogP contribution < -0.4 is 11.1 Å². The quantitative estimate of drug-likeness (QED) is 0.274. The van der Waals surface area contributed by atoms with E-state index in [1.807, 2.05) is 92.7 Å². The van der Waals surface area contributed by atoms with Gasteiger partial charge in [-0.05, 0) is 54.8 Å². The SMILES string of the molecule is Cc1ccc(NC(=O)c2sc3nc(-c4ccc(Cl)cc4)cc(-c4ccccc4)c3c2N)c(C)c1. The van der Waals surface area contributed by atoms with Gasteiger partial charge in [0, 0.05) is 21.7 Å². The molecule has 2 aromatic heterocycles. The number of fused-ring (bicyclic) bond motifs is 1. The lowest BCUT2D eigenvalue weighted by molar-refractivity contribution is 0.103. The number of thiophene rings is 1. The highest BCUT2D eigenvalue weighted by molar-refractivity contribution is 7.21. The molecule has 0 saturated carbocycles. The number of nitrogens with two attached hydrogens (primary N) is 1. The molecule has 0 fully saturated rings. The van der Waals surface area contributed by atoms with E-state index in [-0.39, 0.29) is 5.91 Å². The van der Waals surface area contributed by atoms with Gasteiger partial charge in [-0.1, -0.05) is 71.8 Å². The van der Waals surface area contributed by atoms with E-state index in [1.54, 1.807) is 0 Å². The Labute approximate surface area is 207 Å². The van der Waals surface area contributed by atoms with Gasteiger partial charge in [-0.15, -0.1) is 11.3 Å². The number of rotatable bonds is 4. The van der Waals surface area contributed by atoms with Crippen LogP contribution in [0.4, 0.5) is 11.4 Å². The molecule has 0 aliphatic rings. The zero-order valence-electron chi connectivity index (χ0n) is 18.7. The maximum atomic E-state index is 13.3. The van der Waals surface area contributed by atoms with Crippen LogP contribution in [0.1, 0.15) is 20.8 Å². The van der Waals surface area contributed by atoms with E-state index in [0.717, 1.165) is 49.4 Å². The summed E-state index contributed by atoms with van der Waals surface area (Å²) in [6, 6.07) is 25.5. The van der Waals surface area contributed by atoms with Crippen LogP contribution in [0, 0.1) is 13.8 Å². The molecular formula is C28H22ClN3OS. The number of nitrogens with one attached hydrogen (secondary N) is 1. The summed E-state index contributed by atoms with van der Waals surface area (Å²) in [7, 11) is 0. The molecule has 6 heteroatoms. The predicted octanol–water partition coefficient (Wildman–Crippen LogP) is 7.74. The van der Waals surface area contributed by atoms with Crippen molar-refractivity contribution in [3.63, 3.8) is 0 Å². The first-order valence-electron chi connectivity index (χ1n) is 10.8. The molecule has 5 rings (SSSR count). The molecule has 4 nitrogen and oxygen atoms in total. The number of anilines is 2. The van der Waals surface area contributed by atoms with E-state index in [1.165, 1.54) is 11.3 Å². The van der Waals surface area contributed by atoms with Gasteiger partial charge in [-0.3, -0.25) is 4.79 Å². The summed E-state index contributed by atoms with van der Waals surface area (Å²) in [5.41, 5.74) is 13.6. The van der Waals surface area contributed by atoms with E-state index < -0.39 is 0 Å². The molecule has 34 heavy (non-hydrogen) atoms. The molecule has 5 aromatic rings. The summed E-state index contributed by atoms with van der Waals surface area (Å²) in [4.78, 5) is 19.3. The van der Waals surface area contributed by atoms with Crippen molar-refractivity contribution in [3.8, 4) is 22.4 Å². The number of aromatic nitrogens is 1. The van der Waals surface area contributed by atoms with Gasteiger partial charge in [0.15, 0.2) is 0 Å². The lowest BCUT2D eigenvalue weighted by atomic mass is 9.99. The maximum Gasteiger partial charge on any atom is 0.267 e. The van der Waals surface area contributed by atoms with Crippen molar-refractivity contribution in [2.45, 2.75) is 13.8 Å². The fourth-order valence-corrected chi connectivity index (χ4v) is 5.18. The number of benzene rings is 3. The first-order chi connectivity index (χ1) is 16.4. The summed E-state index contributed by atoms with van der Waals surface area (Å²) < 4.78 is 0. The topological polar surface area (TPSA) is 68.0 Å². The van der Waals surface area contributed by atoms with Gasteiger partial charge in [-0.25, -0.2) is 4.98 Å². The lowest BCUT2D eigenvalue weighted by Gasteiger charge is -2.10. The average Bonchev–Trinajstić information content (AvgIpc) is 3.18. The smallest absolute Gasteiger partial charge is 0.267 e. The number of carbonyl (C=O) groups is 1. The van der Waals surface area contributed by atoms with Crippen molar-refractivity contribution < 1.29 is 4.79 Å². The fourth-order valence-electron chi connectivity index (χ4n) is 4.04. The Hall–Kier alpha value is -3.67. The average molecular weight is 484 g/mol. The summed E-state index contributed by atoms with van der Waals surface area (Å²) in [5, 5.41) is 4.47. The molecule has 3 aromatic carbocycles. The molecular weight excluding hydrogens is 462 g/mol. The minimum Gasteiger partial charge on any atom is -0.397 e. The predicted molar refractivity (Wildman–Crippen MR) is 144 cm³/mol. The van der Waals surface area contributed by atoms with Crippen molar-refractivity contribution in [1.29, 1.82) is 0 Å². The number of aryl methyl sites for hydroxylation is 2. The van der Waals surface area contributed by atoms with Crippen molar-refractivity contribution in [3.05, 3.63) is 99.9 Å². The van der Waals surface area contributed by atoms with Gasteiger partial charge < -0.3 is 11.1 Å². The molecule has 0 radical (unpaired) electrons. The molecule has 168 valence electrons. The Morgan fingerprint density at radius 1 is 0.941 bits per heavy atom. The summed E-state index contributed by atoms with van der Waals surface area (Å²) in [6.45, 7) is 4.00. The van der Waals surface area contributed by atoms with Gasteiger partial charge in [0.05, 0.1) is 11.4 Å². The molecule has 0 spiro atoms. The molecule has 0 aliphatic carbocycles. The zero-order valence-corrected chi connectivity index (χ0v) is 20.3. The minimum atomic E-state index is -0.237. The molecule has 1 amide bonds. The number of pyridine rings is 1. The van der Waals surface area contributed by atoms with Crippen LogP contribution >= 0.6 is 22.9 Å². The summed E-state index contributed by atoms with van der Waals surface area (Å²) in [6.07, 6.45) is 0. The van der Waals surface area contributed by atoms with Crippen LogP contribution in [0.3, 0.4) is 0 Å². The molecule has 0 bridgehead atoms. The summed E-state index contributed by atoms with van der Waals surface area (Å²) in [5.74, 6) is -0.237. The highest BCUT2D eigenvalue weighted by Crippen LogP contribution is 2.41. The Kier molecular flexibility index (Phi) is 5.82. The summed E-state index contributed by atoms with van der Waals surface area (Å²) >= 11 is 7.39. The van der Waals surface area contributed by atoms with Gasteiger partial charge in [-0.2, -0.15) is 0 Å². The number of nitrogen functional groups attached to an aromatic ring is 1. The molecule has 2 heterocycles. The van der Waals surface area contributed by atoms with Crippen LogP contribution in [0.25, 0.3) is 32.6 Å². The number of hydrogen-bond donors (Lipinski definition) is 2.